The fourth-order valence-corrected chi connectivity index (χ4v) is 3.62. The Bertz CT molecular complexity index is 746. The van der Waals surface area contributed by atoms with Gasteiger partial charge in [0.2, 0.25) is 5.91 Å². The molecule has 0 aromatic carbocycles. The molecule has 7 nitrogen and oxygen atoms in total. The van der Waals surface area contributed by atoms with Crippen LogP contribution >= 0.6 is 11.3 Å². The van der Waals surface area contributed by atoms with Crippen molar-refractivity contribution in [3.63, 3.8) is 0 Å². The second-order valence-corrected chi connectivity index (χ2v) is 7.28. The molecule has 1 aliphatic heterocycles. The monoisotopic (exact) mass is 360 g/mol. The van der Waals surface area contributed by atoms with Crippen molar-refractivity contribution in [2.45, 2.75) is 18.9 Å². The number of nitrogens with zero attached hydrogens (tertiary/aromatic N) is 3. The summed E-state index contributed by atoms with van der Waals surface area (Å²) in [7, 11) is 0. The highest BCUT2D eigenvalue weighted by Crippen LogP contribution is 2.24. The van der Waals surface area contributed by atoms with Crippen LogP contribution in [0.5, 0.6) is 0 Å². The second-order valence-electron chi connectivity index (χ2n) is 6.43. The maximum atomic E-state index is 12.6. The first-order valence-electron chi connectivity index (χ1n) is 8.49. The number of amides is 2. The van der Waals surface area contributed by atoms with Gasteiger partial charge in [0.25, 0.3) is 5.91 Å². The van der Waals surface area contributed by atoms with Crippen molar-refractivity contribution < 1.29 is 14.0 Å². The molecule has 0 radical (unpaired) electrons. The number of thiazole rings is 1. The standard InChI is InChI=1S/C17H20N4O3S/c22-15(18-12-3-4-12)10-20-5-7-21(8-6-20)17(23)13-11-25-16(19-13)14-2-1-9-24-14/h1-2,9,11-12H,3-8,10H2,(H,18,22). The highest BCUT2D eigenvalue weighted by Gasteiger charge is 2.27. The van der Waals surface area contributed by atoms with E-state index in [1.54, 1.807) is 22.6 Å². The third-order valence-electron chi connectivity index (χ3n) is 4.42. The van der Waals surface area contributed by atoms with Crippen LogP contribution in [0.25, 0.3) is 10.8 Å². The normalized spacial score (nSPS) is 18.3. The van der Waals surface area contributed by atoms with E-state index in [2.05, 4.69) is 15.2 Å². The van der Waals surface area contributed by atoms with Gasteiger partial charge in [-0.25, -0.2) is 4.98 Å². The lowest BCUT2D eigenvalue weighted by molar-refractivity contribution is -0.122. The van der Waals surface area contributed by atoms with Gasteiger partial charge in [-0.05, 0) is 25.0 Å². The van der Waals surface area contributed by atoms with Crippen molar-refractivity contribution in [1.82, 2.24) is 20.1 Å². The van der Waals surface area contributed by atoms with E-state index < -0.39 is 0 Å². The lowest BCUT2D eigenvalue weighted by atomic mass is 10.3. The van der Waals surface area contributed by atoms with Crippen molar-refractivity contribution in [2.24, 2.45) is 0 Å². The topological polar surface area (TPSA) is 78.7 Å². The molecule has 4 rings (SSSR count). The summed E-state index contributed by atoms with van der Waals surface area (Å²) in [6.07, 6.45) is 3.79. The SMILES string of the molecule is O=C(CN1CCN(C(=O)c2csc(-c3ccco3)n2)CC1)NC1CC1. The number of piperazine rings is 1. The van der Waals surface area contributed by atoms with Gasteiger partial charge in [-0.3, -0.25) is 14.5 Å². The number of carbonyl (C=O) groups excluding carboxylic acids is 2. The minimum atomic E-state index is -0.0591. The van der Waals surface area contributed by atoms with Crippen molar-refractivity contribution >= 4 is 23.2 Å². The maximum absolute atomic E-state index is 12.6. The predicted octanol–water partition coefficient (Wildman–Crippen LogP) is 1.44. The fourth-order valence-electron chi connectivity index (χ4n) is 2.86. The quantitative estimate of drug-likeness (QED) is 0.873. The molecule has 2 aromatic rings. The first-order valence-corrected chi connectivity index (χ1v) is 9.37. The van der Waals surface area contributed by atoms with Gasteiger partial charge in [-0.2, -0.15) is 0 Å². The van der Waals surface area contributed by atoms with Crippen LogP contribution in [-0.4, -0.2) is 65.4 Å². The molecule has 132 valence electrons. The molecule has 0 unspecified atom stereocenters. The second kappa shape index (κ2) is 6.97. The minimum Gasteiger partial charge on any atom is -0.462 e. The van der Waals surface area contributed by atoms with E-state index in [-0.39, 0.29) is 11.8 Å². The number of furan rings is 1. The van der Waals surface area contributed by atoms with Crippen LogP contribution < -0.4 is 5.32 Å². The molecule has 0 atom stereocenters. The average Bonchev–Trinajstić information content (AvgIpc) is 3.09. The van der Waals surface area contributed by atoms with Crippen LogP contribution in [0, 0.1) is 0 Å². The number of carbonyl (C=O) groups is 2. The summed E-state index contributed by atoms with van der Waals surface area (Å²) in [5.74, 6) is 0.705. The molecule has 2 aromatic heterocycles. The summed E-state index contributed by atoms with van der Waals surface area (Å²) in [5.41, 5.74) is 0.455. The Balaban J connectivity index is 1.29. The van der Waals surface area contributed by atoms with Crippen molar-refractivity contribution in [3.05, 3.63) is 29.5 Å². The van der Waals surface area contributed by atoms with E-state index in [1.807, 2.05) is 6.07 Å². The van der Waals surface area contributed by atoms with Gasteiger partial charge in [0.1, 0.15) is 5.69 Å². The molecule has 1 aliphatic carbocycles. The third-order valence-corrected chi connectivity index (χ3v) is 5.28. The highest BCUT2D eigenvalue weighted by molar-refractivity contribution is 7.13. The molecule has 2 amide bonds. The number of hydrogen-bond acceptors (Lipinski definition) is 6. The van der Waals surface area contributed by atoms with Gasteiger partial charge >= 0.3 is 0 Å². The summed E-state index contributed by atoms with van der Waals surface area (Å²) < 4.78 is 5.32. The Hall–Kier alpha value is -2.19. The zero-order valence-electron chi connectivity index (χ0n) is 13.8. The van der Waals surface area contributed by atoms with Crippen LogP contribution in [0.3, 0.4) is 0 Å². The number of aromatic nitrogens is 1. The Morgan fingerprint density at radius 2 is 2.08 bits per heavy atom. The van der Waals surface area contributed by atoms with Gasteiger partial charge in [0.15, 0.2) is 10.8 Å². The Labute approximate surface area is 149 Å². The Kier molecular flexibility index (Phi) is 4.54. The lowest BCUT2D eigenvalue weighted by Crippen LogP contribution is -2.51. The minimum absolute atomic E-state index is 0.0591. The molecule has 3 heterocycles. The molecule has 2 fully saturated rings. The smallest absolute Gasteiger partial charge is 0.273 e. The van der Waals surface area contributed by atoms with Gasteiger partial charge in [-0.1, -0.05) is 0 Å². The van der Waals surface area contributed by atoms with Gasteiger partial charge < -0.3 is 14.6 Å². The summed E-state index contributed by atoms with van der Waals surface area (Å²) in [6.45, 7) is 3.06. The predicted molar refractivity (Wildman–Crippen MR) is 93.3 cm³/mol. The molecule has 0 spiro atoms. The zero-order chi connectivity index (χ0) is 17.2. The van der Waals surface area contributed by atoms with Crippen LogP contribution in [0.15, 0.2) is 28.2 Å². The van der Waals surface area contributed by atoms with Gasteiger partial charge in [0.05, 0.1) is 12.8 Å². The van der Waals surface area contributed by atoms with Crippen LogP contribution in [0.1, 0.15) is 23.3 Å². The van der Waals surface area contributed by atoms with E-state index in [0.29, 0.717) is 55.2 Å². The molecule has 1 N–H and O–H groups in total. The molecule has 0 bridgehead atoms. The van der Waals surface area contributed by atoms with E-state index >= 15 is 0 Å². The molecule has 2 aliphatic rings. The summed E-state index contributed by atoms with van der Waals surface area (Å²) >= 11 is 1.40. The van der Waals surface area contributed by atoms with E-state index in [1.165, 1.54) is 11.3 Å². The van der Waals surface area contributed by atoms with Crippen molar-refractivity contribution in [3.8, 4) is 10.8 Å². The first-order chi connectivity index (χ1) is 12.2. The molecule has 25 heavy (non-hydrogen) atoms. The van der Waals surface area contributed by atoms with Crippen LogP contribution in [0.4, 0.5) is 0 Å². The summed E-state index contributed by atoms with van der Waals surface area (Å²) in [6, 6.07) is 4.03. The van der Waals surface area contributed by atoms with Crippen molar-refractivity contribution in [2.75, 3.05) is 32.7 Å². The molecular formula is C17H20N4O3S. The largest absolute Gasteiger partial charge is 0.462 e. The Morgan fingerprint density at radius 1 is 1.28 bits per heavy atom. The summed E-state index contributed by atoms with van der Waals surface area (Å²) in [4.78, 5) is 32.8. The van der Waals surface area contributed by atoms with Crippen LogP contribution in [-0.2, 0) is 4.79 Å². The average molecular weight is 360 g/mol. The Morgan fingerprint density at radius 3 is 2.76 bits per heavy atom. The number of hydrogen-bond donors (Lipinski definition) is 1. The fraction of sp³-hybridized carbons (Fsp3) is 0.471. The van der Waals surface area contributed by atoms with E-state index in [9.17, 15) is 9.59 Å². The first kappa shape index (κ1) is 16.3. The molecule has 1 saturated heterocycles. The molecular weight excluding hydrogens is 340 g/mol. The highest BCUT2D eigenvalue weighted by atomic mass is 32.1. The zero-order valence-corrected chi connectivity index (χ0v) is 14.6. The van der Waals surface area contributed by atoms with Gasteiger partial charge in [-0.15, -0.1) is 11.3 Å². The number of rotatable bonds is 5. The molecule has 1 saturated carbocycles. The van der Waals surface area contributed by atoms with Gasteiger partial charge in [0, 0.05) is 37.6 Å². The lowest BCUT2D eigenvalue weighted by Gasteiger charge is -2.33. The van der Waals surface area contributed by atoms with E-state index in [4.69, 9.17) is 4.42 Å². The van der Waals surface area contributed by atoms with E-state index in [0.717, 1.165) is 12.8 Å². The number of nitrogens with one attached hydrogen (secondary N) is 1. The molecule has 8 heteroatoms. The van der Waals surface area contributed by atoms with Crippen LogP contribution in [0.2, 0.25) is 0 Å². The summed E-state index contributed by atoms with van der Waals surface area (Å²) in [5, 5.41) is 5.48. The van der Waals surface area contributed by atoms with Crippen molar-refractivity contribution in [1.29, 1.82) is 0 Å². The maximum Gasteiger partial charge on any atom is 0.273 e. The third kappa shape index (κ3) is 3.91.